The summed E-state index contributed by atoms with van der Waals surface area (Å²) in [6.07, 6.45) is 2.52. The Morgan fingerprint density at radius 2 is 2.08 bits per heavy atom. The highest BCUT2D eigenvalue weighted by Crippen LogP contribution is 2.27. The molecular formula is C18H19N3O2S. The van der Waals surface area contributed by atoms with Crippen molar-refractivity contribution in [2.75, 3.05) is 5.32 Å². The maximum atomic E-state index is 12.3. The van der Waals surface area contributed by atoms with Gasteiger partial charge in [0.05, 0.1) is 18.5 Å². The summed E-state index contributed by atoms with van der Waals surface area (Å²) in [5.41, 5.74) is 2.96. The van der Waals surface area contributed by atoms with Crippen LogP contribution < -0.4 is 10.6 Å². The van der Waals surface area contributed by atoms with E-state index in [2.05, 4.69) is 28.6 Å². The topological polar surface area (TPSA) is 67.2 Å². The molecule has 24 heavy (non-hydrogen) atoms. The number of thiazole rings is 1. The SMILES string of the molecule is CCc1ccccc1Nc1nc(C)c(C(=O)NCc2ccco2)s1. The first kappa shape index (κ1) is 16.3. The number of anilines is 2. The lowest BCUT2D eigenvalue weighted by Gasteiger charge is -2.07. The minimum Gasteiger partial charge on any atom is -0.467 e. The average Bonchev–Trinajstić information content (AvgIpc) is 3.23. The summed E-state index contributed by atoms with van der Waals surface area (Å²) in [5, 5.41) is 6.89. The molecule has 0 saturated carbocycles. The van der Waals surface area contributed by atoms with Crippen molar-refractivity contribution in [1.29, 1.82) is 0 Å². The molecule has 124 valence electrons. The highest BCUT2D eigenvalue weighted by molar-refractivity contribution is 7.17. The molecule has 0 radical (unpaired) electrons. The molecule has 0 aliphatic heterocycles. The summed E-state index contributed by atoms with van der Waals surface area (Å²) in [7, 11) is 0. The van der Waals surface area contributed by atoms with Crippen LogP contribution in [0.1, 0.15) is 33.6 Å². The van der Waals surface area contributed by atoms with Crippen molar-refractivity contribution in [2.45, 2.75) is 26.8 Å². The summed E-state index contributed by atoms with van der Waals surface area (Å²) in [6.45, 7) is 4.32. The van der Waals surface area contributed by atoms with E-state index >= 15 is 0 Å². The molecule has 6 heteroatoms. The van der Waals surface area contributed by atoms with Crippen molar-refractivity contribution in [3.8, 4) is 0 Å². The van der Waals surface area contributed by atoms with Crippen molar-refractivity contribution in [3.63, 3.8) is 0 Å². The van der Waals surface area contributed by atoms with Gasteiger partial charge in [-0.25, -0.2) is 4.98 Å². The average molecular weight is 341 g/mol. The van der Waals surface area contributed by atoms with Gasteiger partial charge in [0, 0.05) is 5.69 Å². The Morgan fingerprint density at radius 1 is 1.25 bits per heavy atom. The van der Waals surface area contributed by atoms with Crippen LogP contribution in [0.15, 0.2) is 47.1 Å². The maximum absolute atomic E-state index is 12.3. The molecule has 0 spiro atoms. The first-order valence-electron chi connectivity index (χ1n) is 7.80. The second-order valence-corrected chi connectivity index (χ2v) is 6.33. The number of hydrogen-bond acceptors (Lipinski definition) is 5. The largest absolute Gasteiger partial charge is 0.467 e. The molecule has 0 unspecified atom stereocenters. The molecule has 3 aromatic rings. The number of nitrogens with one attached hydrogen (secondary N) is 2. The minimum atomic E-state index is -0.141. The summed E-state index contributed by atoms with van der Waals surface area (Å²) < 4.78 is 5.22. The van der Waals surface area contributed by atoms with Crippen LogP contribution in [-0.4, -0.2) is 10.9 Å². The molecule has 2 aromatic heterocycles. The summed E-state index contributed by atoms with van der Waals surface area (Å²) in [5.74, 6) is 0.582. The van der Waals surface area contributed by atoms with E-state index in [1.54, 1.807) is 12.3 Å². The number of benzene rings is 1. The molecule has 1 aromatic carbocycles. The Morgan fingerprint density at radius 3 is 2.83 bits per heavy atom. The lowest BCUT2D eigenvalue weighted by Crippen LogP contribution is -2.22. The van der Waals surface area contributed by atoms with Gasteiger partial charge in [-0.3, -0.25) is 4.79 Å². The molecule has 0 atom stereocenters. The minimum absolute atomic E-state index is 0.141. The normalized spacial score (nSPS) is 10.6. The second kappa shape index (κ2) is 7.31. The van der Waals surface area contributed by atoms with Gasteiger partial charge in [-0.1, -0.05) is 36.5 Å². The van der Waals surface area contributed by atoms with Gasteiger partial charge in [0.15, 0.2) is 5.13 Å². The van der Waals surface area contributed by atoms with Gasteiger partial charge >= 0.3 is 0 Å². The lowest BCUT2D eigenvalue weighted by atomic mass is 10.1. The predicted octanol–water partition coefficient (Wildman–Crippen LogP) is 4.28. The molecule has 0 aliphatic rings. The van der Waals surface area contributed by atoms with E-state index in [0.717, 1.165) is 23.0 Å². The monoisotopic (exact) mass is 341 g/mol. The molecule has 2 heterocycles. The van der Waals surface area contributed by atoms with Crippen molar-refractivity contribution in [2.24, 2.45) is 0 Å². The number of para-hydroxylation sites is 1. The van der Waals surface area contributed by atoms with Gasteiger partial charge in [0.2, 0.25) is 0 Å². The predicted molar refractivity (Wildman–Crippen MR) is 95.8 cm³/mol. The zero-order chi connectivity index (χ0) is 16.9. The molecular weight excluding hydrogens is 322 g/mol. The molecule has 0 saturated heterocycles. The van der Waals surface area contributed by atoms with E-state index in [1.807, 2.05) is 31.2 Å². The van der Waals surface area contributed by atoms with E-state index in [0.29, 0.717) is 17.1 Å². The molecule has 5 nitrogen and oxygen atoms in total. The highest BCUT2D eigenvalue weighted by atomic mass is 32.1. The lowest BCUT2D eigenvalue weighted by molar-refractivity contribution is 0.0951. The molecule has 0 aliphatic carbocycles. The van der Waals surface area contributed by atoms with Crippen molar-refractivity contribution < 1.29 is 9.21 Å². The van der Waals surface area contributed by atoms with Crippen molar-refractivity contribution in [3.05, 3.63) is 64.6 Å². The Labute approximate surface area is 144 Å². The highest BCUT2D eigenvalue weighted by Gasteiger charge is 2.16. The van der Waals surface area contributed by atoms with E-state index in [4.69, 9.17) is 4.42 Å². The molecule has 2 N–H and O–H groups in total. The summed E-state index contributed by atoms with van der Waals surface area (Å²) >= 11 is 1.35. The van der Waals surface area contributed by atoms with Crippen molar-refractivity contribution >= 4 is 28.1 Å². The molecule has 0 bridgehead atoms. The Hall–Kier alpha value is -2.60. The fraction of sp³-hybridized carbons (Fsp3) is 0.222. The maximum Gasteiger partial charge on any atom is 0.263 e. The number of carbonyl (C=O) groups excluding carboxylic acids is 1. The van der Waals surface area contributed by atoms with Crippen LogP contribution >= 0.6 is 11.3 Å². The fourth-order valence-corrected chi connectivity index (χ4v) is 3.28. The van der Waals surface area contributed by atoms with Gasteiger partial charge in [-0.2, -0.15) is 0 Å². The van der Waals surface area contributed by atoms with Crippen LogP contribution in [0, 0.1) is 6.92 Å². The van der Waals surface area contributed by atoms with Crippen LogP contribution in [0.3, 0.4) is 0 Å². The van der Waals surface area contributed by atoms with E-state index in [1.165, 1.54) is 16.9 Å². The Kier molecular flexibility index (Phi) is 4.96. The number of carbonyl (C=O) groups is 1. The standard InChI is InChI=1S/C18H19N3O2S/c1-3-13-7-4-5-9-15(13)21-18-20-12(2)16(24-18)17(22)19-11-14-8-6-10-23-14/h4-10H,3,11H2,1-2H3,(H,19,22)(H,20,21). The molecule has 1 amide bonds. The number of hydrogen-bond donors (Lipinski definition) is 2. The van der Waals surface area contributed by atoms with Gasteiger partial charge in [-0.15, -0.1) is 0 Å². The first-order valence-corrected chi connectivity index (χ1v) is 8.62. The van der Waals surface area contributed by atoms with Crippen LogP contribution in [0.4, 0.5) is 10.8 Å². The Bertz CT molecular complexity index is 825. The molecule has 0 fully saturated rings. The third-order valence-electron chi connectivity index (χ3n) is 3.65. The summed E-state index contributed by atoms with van der Waals surface area (Å²) in [6, 6.07) is 11.7. The zero-order valence-electron chi connectivity index (χ0n) is 13.6. The fourth-order valence-electron chi connectivity index (χ4n) is 2.39. The van der Waals surface area contributed by atoms with Crippen LogP contribution in [-0.2, 0) is 13.0 Å². The van der Waals surface area contributed by atoms with Crippen LogP contribution in [0.25, 0.3) is 0 Å². The van der Waals surface area contributed by atoms with E-state index in [9.17, 15) is 4.79 Å². The Balaban J connectivity index is 1.71. The number of rotatable bonds is 6. The van der Waals surface area contributed by atoms with Gasteiger partial charge in [0.1, 0.15) is 10.6 Å². The van der Waals surface area contributed by atoms with Gasteiger partial charge in [0.25, 0.3) is 5.91 Å². The second-order valence-electron chi connectivity index (χ2n) is 5.33. The number of furan rings is 1. The summed E-state index contributed by atoms with van der Waals surface area (Å²) in [4.78, 5) is 17.4. The molecule has 3 rings (SSSR count). The van der Waals surface area contributed by atoms with E-state index < -0.39 is 0 Å². The number of aryl methyl sites for hydroxylation is 2. The smallest absolute Gasteiger partial charge is 0.263 e. The number of amides is 1. The number of aromatic nitrogens is 1. The van der Waals surface area contributed by atoms with Crippen molar-refractivity contribution in [1.82, 2.24) is 10.3 Å². The van der Waals surface area contributed by atoms with Gasteiger partial charge < -0.3 is 15.1 Å². The van der Waals surface area contributed by atoms with Gasteiger partial charge in [-0.05, 0) is 37.1 Å². The zero-order valence-corrected chi connectivity index (χ0v) is 14.4. The first-order chi connectivity index (χ1) is 11.7. The van der Waals surface area contributed by atoms with E-state index in [-0.39, 0.29) is 5.91 Å². The van der Waals surface area contributed by atoms with Crippen LogP contribution in [0.5, 0.6) is 0 Å². The quantitative estimate of drug-likeness (QED) is 0.702. The third kappa shape index (κ3) is 3.65. The number of nitrogens with zero attached hydrogens (tertiary/aromatic N) is 1. The third-order valence-corrected chi connectivity index (χ3v) is 4.72. The van der Waals surface area contributed by atoms with Crippen LogP contribution in [0.2, 0.25) is 0 Å².